The first-order valence-corrected chi connectivity index (χ1v) is 5.83. The zero-order valence-electron chi connectivity index (χ0n) is 9.85. The molecule has 0 radical (unpaired) electrons. The van der Waals surface area contributed by atoms with Crippen LogP contribution in [-0.2, 0) is 17.6 Å². The Hall–Kier alpha value is -1.55. The fraction of sp³-hybridized carbons (Fsp3) is 0.462. The van der Waals surface area contributed by atoms with E-state index in [2.05, 4.69) is 0 Å². The first-order chi connectivity index (χ1) is 8.06. The number of rotatable bonds is 3. The Labute approximate surface area is 100 Å². The SMILES string of the molecule is CC1CCc2ccc(CC(N)C(=O)O)cc2O1. The molecule has 2 rings (SSSR count). The van der Waals surface area contributed by atoms with Gasteiger partial charge in [0.25, 0.3) is 0 Å². The predicted octanol–water partition coefficient (Wildman–Crippen LogP) is 1.35. The van der Waals surface area contributed by atoms with Crippen molar-refractivity contribution in [2.75, 3.05) is 0 Å². The molecule has 0 bridgehead atoms. The first kappa shape index (κ1) is 11.9. The van der Waals surface area contributed by atoms with Crippen LogP contribution in [0, 0.1) is 0 Å². The molecular weight excluding hydrogens is 218 g/mol. The number of benzene rings is 1. The molecule has 1 heterocycles. The van der Waals surface area contributed by atoms with E-state index in [1.54, 1.807) is 0 Å². The molecule has 0 fully saturated rings. The summed E-state index contributed by atoms with van der Waals surface area (Å²) in [6.45, 7) is 2.04. The van der Waals surface area contributed by atoms with Gasteiger partial charge in [0.15, 0.2) is 0 Å². The normalized spacial score (nSPS) is 20.2. The third-order valence-electron chi connectivity index (χ3n) is 3.05. The highest BCUT2D eigenvalue weighted by molar-refractivity contribution is 5.73. The number of aliphatic carboxylic acids is 1. The second kappa shape index (κ2) is 4.75. The molecule has 0 saturated heterocycles. The fourth-order valence-corrected chi connectivity index (χ4v) is 2.02. The van der Waals surface area contributed by atoms with Crippen LogP contribution in [0.2, 0.25) is 0 Å². The molecule has 0 aliphatic carbocycles. The maximum Gasteiger partial charge on any atom is 0.320 e. The Bertz CT molecular complexity index is 431. The number of carboxylic acid groups (broad SMARTS) is 1. The van der Waals surface area contributed by atoms with Gasteiger partial charge in [0, 0.05) is 0 Å². The number of hydrogen-bond acceptors (Lipinski definition) is 3. The number of aryl methyl sites for hydroxylation is 1. The van der Waals surface area contributed by atoms with Gasteiger partial charge in [-0.3, -0.25) is 4.79 Å². The highest BCUT2D eigenvalue weighted by Gasteiger charge is 2.18. The van der Waals surface area contributed by atoms with Gasteiger partial charge >= 0.3 is 5.97 Å². The van der Waals surface area contributed by atoms with Gasteiger partial charge in [0.05, 0.1) is 6.10 Å². The number of carbonyl (C=O) groups is 1. The van der Waals surface area contributed by atoms with E-state index in [0.717, 1.165) is 24.2 Å². The molecule has 1 aliphatic heterocycles. The second-order valence-electron chi connectivity index (χ2n) is 4.56. The summed E-state index contributed by atoms with van der Waals surface area (Å²) in [6.07, 6.45) is 2.61. The summed E-state index contributed by atoms with van der Waals surface area (Å²) in [4.78, 5) is 10.7. The summed E-state index contributed by atoms with van der Waals surface area (Å²) in [5, 5.41) is 8.77. The van der Waals surface area contributed by atoms with Crippen LogP contribution in [0.1, 0.15) is 24.5 Å². The molecule has 0 saturated carbocycles. The van der Waals surface area contributed by atoms with E-state index in [0.29, 0.717) is 6.42 Å². The van der Waals surface area contributed by atoms with Crippen LogP contribution in [-0.4, -0.2) is 23.2 Å². The van der Waals surface area contributed by atoms with E-state index in [-0.39, 0.29) is 6.10 Å². The van der Waals surface area contributed by atoms with Crippen LogP contribution in [0.4, 0.5) is 0 Å². The van der Waals surface area contributed by atoms with Gasteiger partial charge in [-0.05, 0) is 43.4 Å². The lowest BCUT2D eigenvalue weighted by Gasteiger charge is -2.23. The van der Waals surface area contributed by atoms with Gasteiger partial charge < -0.3 is 15.6 Å². The van der Waals surface area contributed by atoms with Crippen molar-refractivity contribution in [2.45, 2.75) is 38.3 Å². The quantitative estimate of drug-likeness (QED) is 0.829. The lowest BCUT2D eigenvalue weighted by molar-refractivity contribution is -0.138. The molecule has 4 nitrogen and oxygen atoms in total. The molecule has 2 unspecified atom stereocenters. The minimum atomic E-state index is -0.975. The predicted molar refractivity (Wildman–Crippen MR) is 64.2 cm³/mol. The van der Waals surface area contributed by atoms with Crippen molar-refractivity contribution < 1.29 is 14.6 Å². The number of fused-ring (bicyclic) bond motifs is 1. The third kappa shape index (κ3) is 2.77. The molecule has 0 aromatic heterocycles. The molecule has 0 spiro atoms. The highest BCUT2D eigenvalue weighted by atomic mass is 16.5. The van der Waals surface area contributed by atoms with E-state index < -0.39 is 12.0 Å². The van der Waals surface area contributed by atoms with Crippen LogP contribution < -0.4 is 10.5 Å². The zero-order chi connectivity index (χ0) is 12.4. The van der Waals surface area contributed by atoms with Crippen LogP contribution in [0.3, 0.4) is 0 Å². The van der Waals surface area contributed by atoms with Gasteiger partial charge in [0.2, 0.25) is 0 Å². The molecular formula is C13H17NO3. The number of carboxylic acids is 1. The second-order valence-corrected chi connectivity index (χ2v) is 4.56. The van der Waals surface area contributed by atoms with E-state index in [9.17, 15) is 4.79 Å². The van der Waals surface area contributed by atoms with Crippen LogP contribution >= 0.6 is 0 Å². The lowest BCUT2D eigenvalue weighted by Crippen LogP contribution is -2.32. The maximum absolute atomic E-state index is 10.7. The molecule has 3 N–H and O–H groups in total. The van der Waals surface area contributed by atoms with Crippen molar-refractivity contribution in [1.82, 2.24) is 0 Å². The molecule has 0 amide bonds. The van der Waals surface area contributed by atoms with Crippen molar-refractivity contribution >= 4 is 5.97 Å². The largest absolute Gasteiger partial charge is 0.490 e. The summed E-state index contributed by atoms with van der Waals surface area (Å²) in [5.41, 5.74) is 7.61. The zero-order valence-corrected chi connectivity index (χ0v) is 9.85. The smallest absolute Gasteiger partial charge is 0.320 e. The Morgan fingerprint density at radius 1 is 1.65 bits per heavy atom. The summed E-state index contributed by atoms with van der Waals surface area (Å²) in [5.74, 6) is -0.101. The van der Waals surface area contributed by atoms with E-state index in [1.807, 2.05) is 25.1 Å². The molecule has 92 valence electrons. The van der Waals surface area contributed by atoms with E-state index in [4.69, 9.17) is 15.6 Å². The van der Waals surface area contributed by atoms with Crippen LogP contribution in [0.5, 0.6) is 5.75 Å². The van der Waals surface area contributed by atoms with Crippen molar-refractivity contribution in [2.24, 2.45) is 5.73 Å². The summed E-state index contributed by atoms with van der Waals surface area (Å²) in [7, 11) is 0. The molecule has 1 aromatic carbocycles. The maximum atomic E-state index is 10.7. The van der Waals surface area contributed by atoms with Gasteiger partial charge in [-0.15, -0.1) is 0 Å². The highest BCUT2D eigenvalue weighted by Crippen LogP contribution is 2.28. The summed E-state index contributed by atoms with van der Waals surface area (Å²) in [6, 6.07) is 4.99. The van der Waals surface area contributed by atoms with Crippen LogP contribution in [0.15, 0.2) is 18.2 Å². The molecule has 1 aromatic rings. The topological polar surface area (TPSA) is 72.6 Å². The van der Waals surface area contributed by atoms with Gasteiger partial charge in [-0.1, -0.05) is 12.1 Å². The molecule has 17 heavy (non-hydrogen) atoms. The van der Waals surface area contributed by atoms with Crippen molar-refractivity contribution in [1.29, 1.82) is 0 Å². The molecule has 1 aliphatic rings. The number of hydrogen-bond donors (Lipinski definition) is 2. The lowest BCUT2D eigenvalue weighted by atomic mass is 9.98. The Morgan fingerprint density at radius 2 is 2.41 bits per heavy atom. The van der Waals surface area contributed by atoms with Gasteiger partial charge in [-0.2, -0.15) is 0 Å². The molecule has 2 atom stereocenters. The number of nitrogens with two attached hydrogens (primary N) is 1. The Balaban J connectivity index is 2.15. The summed E-state index contributed by atoms with van der Waals surface area (Å²) >= 11 is 0. The minimum Gasteiger partial charge on any atom is -0.490 e. The average molecular weight is 235 g/mol. The van der Waals surface area contributed by atoms with Crippen molar-refractivity contribution in [3.8, 4) is 5.75 Å². The van der Waals surface area contributed by atoms with E-state index >= 15 is 0 Å². The fourth-order valence-electron chi connectivity index (χ4n) is 2.02. The average Bonchev–Trinajstić information content (AvgIpc) is 2.28. The van der Waals surface area contributed by atoms with Crippen molar-refractivity contribution in [3.63, 3.8) is 0 Å². The van der Waals surface area contributed by atoms with E-state index in [1.165, 1.54) is 5.56 Å². The third-order valence-corrected chi connectivity index (χ3v) is 3.05. The Morgan fingerprint density at radius 3 is 3.12 bits per heavy atom. The summed E-state index contributed by atoms with van der Waals surface area (Å²) < 4.78 is 5.73. The molecule has 4 heteroatoms. The van der Waals surface area contributed by atoms with Crippen molar-refractivity contribution in [3.05, 3.63) is 29.3 Å². The standard InChI is InChI=1S/C13H17NO3/c1-8-2-4-10-5-3-9(7-12(10)17-8)6-11(14)13(15)16/h3,5,7-8,11H,2,4,6,14H2,1H3,(H,15,16). The monoisotopic (exact) mass is 235 g/mol. The van der Waals surface area contributed by atoms with Crippen LogP contribution in [0.25, 0.3) is 0 Å². The number of ether oxygens (including phenoxy) is 1. The first-order valence-electron chi connectivity index (χ1n) is 5.83. The van der Waals surface area contributed by atoms with Gasteiger partial charge in [-0.25, -0.2) is 0 Å². The Kier molecular flexibility index (Phi) is 3.33. The minimum absolute atomic E-state index is 0.228. The van der Waals surface area contributed by atoms with Gasteiger partial charge in [0.1, 0.15) is 11.8 Å².